The molecule has 4 bridgehead atoms. The average Bonchev–Trinajstić information content (AvgIpc) is 1.58. The van der Waals surface area contributed by atoms with Gasteiger partial charge in [-0.05, 0) is 166 Å². The summed E-state index contributed by atoms with van der Waals surface area (Å²) in [5.74, 6) is 1.67. The lowest BCUT2D eigenvalue weighted by molar-refractivity contribution is 0.157. The summed E-state index contributed by atoms with van der Waals surface area (Å²) >= 11 is 0. The number of phenols is 1. The van der Waals surface area contributed by atoms with Crippen LogP contribution >= 0.6 is 0 Å². The lowest BCUT2D eigenvalue weighted by atomic mass is 9.59. The number of methoxy groups -OCH3 is 1. The summed E-state index contributed by atoms with van der Waals surface area (Å²) < 4.78 is 27.0. The van der Waals surface area contributed by atoms with Crippen LogP contribution in [0.5, 0.6) is 23.0 Å². The number of fused-ring (bicyclic) bond motifs is 9. The summed E-state index contributed by atoms with van der Waals surface area (Å²) in [5.41, 5.74) is 25.6. The monoisotopic (exact) mass is 1240 g/mol. The van der Waals surface area contributed by atoms with Crippen LogP contribution in [0.25, 0.3) is 67.1 Å². The van der Waals surface area contributed by atoms with E-state index in [0.29, 0.717) is 41.8 Å². The number of hydrogen-bond acceptors (Lipinski definition) is 11. The normalized spacial score (nSPS) is 21.1. The van der Waals surface area contributed by atoms with E-state index in [1.165, 1.54) is 57.0 Å². The van der Waals surface area contributed by atoms with Gasteiger partial charge >= 0.3 is 0 Å². The van der Waals surface area contributed by atoms with E-state index in [-0.39, 0.29) is 89.0 Å². The second-order valence-corrected chi connectivity index (χ2v) is 26.2. The number of nitrogens with one attached hydrogen (secondary N) is 2. The van der Waals surface area contributed by atoms with Gasteiger partial charge in [-0.3, -0.25) is 4.79 Å². The molecule has 6 unspecified atom stereocenters. The topological polar surface area (TPSA) is 214 Å². The fraction of sp³-hybridized carbons (Fsp3) is 0.291. The number of aliphatic imine (C=N–C) groups is 1. The minimum absolute atomic E-state index is 0.00196. The number of aromatic amines is 1. The molecule has 14 heteroatoms. The minimum atomic E-state index is -0.878. The largest absolute Gasteiger partial charge is 0.508 e. The van der Waals surface area contributed by atoms with Gasteiger partial charge in [0, 0.05) is 77.9 Å². The molecule has 2 fully saturated rings. The van der Waals surface area contributed by atoms with E-state index in [1.54, 1.807) is 30.3 Å². The van der Waals surface area contributed by atoms with Gasteiger partial charge < -0.3 is 60.6 Å². The number of nitrogens with zero attached hydrogens (tertiary/aromatic N) is 2. The van der Waals surface area contributed by atoms with Crippen LogP contribution < -0.4 is 41.3 Å². The first-order valence-corrected chi connectivity index (χ1v) is 32.9. The highest BCUT2D eigenvalue weighted by Gasteiger charge is 2.61. The molecule has 3 aliphatic carbocycles. The first-order chi connectivity index (χ1) is 45.4. The summed E-state index contributed by atoms with van der Waals surface area (Å²) in [5, 5.41) is 42.6. The number of phenolic OH excluding ortho intramolecular Hbond substituents is 1. The smallest absolute Gasteiger partial charge is 0.204 e. The van der Waals surface area contributed by atoms with Crippen molar-refractivity contribution in [3.63, 3.8) is 0 Å². The molecule has 10 aromatic rings. The van der Waals surface area contributed by atoms with Gasteiger partial charge in [-0.1, -0.05) is 134 Å². The number of H-pyrrole nitrogens is 1. The molecule has 6 aliphatic rings. The number of aromatic nitrogens is 1. The number of allylic oxidation sites excluding steroid dienone is 1. The van der Waals surface area contributed by atoms with Crippen LogP contribution in [0.4, 0.5) is 11.5 Å². The average molecular weight is 1240 g/mol. The Hall–Kier alpha value is -9.60. The maximum absolute atomic E-state index is 15.0. The maximum Gasteiger partial charge on any atom is 0.204 e. The fourth-order valence-corrected chi connectivity index (χ4v) is 16.5. The number of rotatable bonds is 11. The van der Waals surface area contributed by atoms with Gasteiger partial charge in [0.25, 0.3) is 0 Å². The van der Waals surface area contributed by atoms with Crippen molar-refractivity contribution in [3.8, 4) is 45.4 Å². The van der Waals surface area contributed by atoms with Crippen LogP contribution in [-0.4, -0.2) is 85.0 Å². The molecule has 1 saturated carbocycles. The lowest BCUT2D eigenvalue weighted by Crippen LogP contribution is -2.61. The van der Waals surface area contributed by atoms with Crippen molar-refractivity contribution in [2.75, 3.05) is 51.5 Å². The van der Waals surface area contributed by atoms with Crippen LogP contribution in [0, 0.1) is 11.8 Å². The van der Waals surface area contributed by atoms with Crippen molar-refractivity contribution in [2.45, 2.75) is 87.7 Å². The predicted molar refractivity (Wildman–Crippen MR) is 371 cm³/mol. The molecule has 8 aromatic carbocycles. The van der Waals surface area contributed by atoms with E-state index in [1.807, 2.05) is 36.4 Å². The predicted octanol–water partition coefficient (Wildman–Crippen LogP) is 13.2. The number of ether oxygens (including phenoxy) is 3. The van der Waals surface area contributed by atoms with Crippen LogP contribution in [-0.2, 0) is 42.9 Å². The molecule has 16 rings (SSSR count). The SMILES string of the molecule is CCc1cc2c([nH]1)N1CCNCC1C1(CC3C=Cc4ccc5cc6ccccc6c6c5c4C3(CC6)C1)c1ccc(c(N=C(N)N)c1)CC(CO)COc1c(OC)c(OCCC(O)C=Cc3ccccc3)c3c(=O)cc(-c4ccc(O)cc4)oc3c1CCc1cccc-2c1. The van der Waals surface area contributed by atoms with E-state index in [9.17, 15) is 20.1 Å². The van der Waals surface area contributed by atoms with Gasteiger partial charge in [-0.2, -0.15) is 0 Å². The molecule has 93 heavy (non-hydrogen) atoms. The second kappa shape index (κ2) is 24.5. The molecule has 472 valence electrons. The molecule has 2 aromatic heterocycles. The van der Waals surface area contributed by atoms with Crippen molar-refractivity contribution >= 4 is 62.1 Å². The van der Waals surface area contributed by atoms with Crippen LogP contribution in [0.2, 0.25) is 0 Å². The standard InChI is InChI=1S/C79H78N6O8/c1-3-58-40-64-52-14-9-12-48(36-52)17-29-63-72-70(66(89)41-67(93-72)50-22-27-59(87)28-23-50)74(91-35-31-60(88)26-16-47-10-5-4-6-11-47)75(90-2)73(63)92-45-49(44-86)37-54-21-24-56(39-65(54)84-77(80)81)79(68-43-82-33-34-85(68)76(64)83-58)42-57-25-20-51-18-19-55-38-53-13-7-8-15-61(53)62-30-32-78(57,46-79)71(51)69(55)62/h4-16,18-28,36,38-41,49,57,60,68,82-83,86-88H,3,17,29-35,37,42-46H2,1-2H3,(H4,80,81,84). The molecule has 1 saturated heterocycles. The first kappa shape index (κ1) is 59.7. The number of aryl methyl sites for hydroxylation is 4. The quantitative estimate of drug-likeness (QED) is 0.0366. The highest BCUT2D eigenvalue weighted by atomic mass is 16.5. The Morgan fingerprint density at radius 1 is 0.860 bits per heavy atom. The molecule has 0 amide bonds. The number of anilines is 1. The Balaban J connectivity index is 0.898. The fourth-order valence-electron chi connectivity index (χ4n) is 16.5. The zero-order valence-corrected chi connectivity index (χ0v) is 52.6. The molecule has 6 atom stereocenters. The van der Waals surface area contributed by atoms with Gasteiger partial charge in [0.15, 0.2) is 22.9 Å². The number of aliphatic hydroxyl groups is 2. The molecule has 3 aliphatic heterocycles. The van der Waals surface area contributed by atoms with Gasteiger partial charge in [0.05, 0.1) is 38.2 Å². The van der Waals surface area contributed by atoms with Crippen LogP contribution in [0.15, 0.2) is 178 Å². The van der Waals surface area contributed by atoms with Crippen molar-refractivity contribution in [1.29, 1.82) is 0 Å². The number of nitrogens with two attached hydrogens (primary N) is 2. The summed E-state index contributed by atoms with van der Waals surface area (Å²) in [7, 11) is 1.52. The van der Waals surface area contributed by atoms with E-state index in [2.05, 4.69) is 125 Å². The van der Waals surface area contributed by atoms with E-state index >= 15 is 0 Å². The summed E-state index contributed by atoms with van der Waals surface area (Å²) in [6.07, 6.45) is 13.6. The Kier molecular flexibility index (Phi) is 15.7. The van der Waals surface area contributed by atoms with Gasteiger partial charge in [0.2, 0.25) is 5.75 Å². The Morgan fingerprint density at radius 3 is 2.54 bits per heavy atom. The van der Waals surface area contributed by atoms with Crippen LogP contribution in [0.3, 0.4) is 0 Å². The van der Waals surface area contributed by atoms with Crippen molar-refractivity contribution in [2.24, 2.45) is 28.3 Å². The number of piperazine rings is 1. The number of aromatic hydroxyl groups is 1. The molecule has 0 radical (unpaired) electrons. The van der Waals surface area contributed by atoms with E-state index in [4.69, 9.17) is 35.1 Å². The van der Waals surface area contributed by atoms with Gasteiger partial charge in [-0.25, -0.2) is 4.99 Å². The summed E-state index contributed by atoms with van der Waals surface area (Å²) in [6, 6.07) is 51.5. The zero-order chi connectivity index (χ0) is 63.5. The second-order valence-electron chi connectivity index (χ2n) is 26.2. The third-order valence-electron chi connectivity index (χ3n) is 20.8. The van der Waals surface area contributed by atoms with Crippen LogP contribution in [0.1, 0.15) is 82.8 Å². The molecule has 5 heterocycles. The maximum atomic E-state index is 15.0. The molecule has 14 nitrogen and oxygen atoms in total. The highest BCUT2D eigenvalue weighted by Crippen LogP contribution is 2.65. The number of aliphatic hydroxyl groups excluding tert-OH is 2. The molecule has 2 spiro atoms. The lowest BCUT2D eigenvalue weighted by Gasteiger charge is -2.50. The number of benzene rings is 8. The van der Waals surface area contributed by atoms with Crippen molar-refractivity contribution in [1.82, 2.24) is 10.3 Å². The summed E-state index contributed by atoms with van der Waals surface area (Å²) in [6.45, 7) is 4.26. The Bertz CT molecular complexity index is 4680. The van der Waals surface area contributed by atoms with E-state index < -0.39 is 17.4 Å². The molecular formula is C79H78N6O8. The summed E-state index contributed by atoms with van der Waals surface area (Å²) in [4.78, 5) is 26.7. The van der Waals surface area contributed by atoms with Gasteiger partial charge in [0.1, 0.15) is 28.3 Å². The zero-order valence-electron chi connectivity index (χ0n) is 52.6. The third kappa shape index (κ3) is 10.7. The number of guanidine groups is 1. The Morgan fingerprint density at radius 2 is 1.71 bits per heavy atom. The van der Waals surface area contributed by atoms with Crippen molar-refractivity contribution in [3.05, 3.63) is 224 Å². The van der Waals surface area contributed by atoms with Crippen molar-refractivity contribution < 1.29 is 33.9 Å². The number of hydrogen-bond donors (Lipinski definition) is 7. The van der Waals surface area contributed by atoms with Gasteiger partial charge in [-0.15, -0.1) is 0 Å². The van der Waals surface area contributed by atoms with E-state index in [0.717, 1.165) is 91.1 Å². The first-order valence-electron chi connectivity index (χ1n) is 32.9. The minimum Gasteiger partial charge on any atom is -0.508 e. The molecular weight excluding hydrogens is 1160 g/mol. The molecule has 9 N–H and O–H groups in total. The highest BCUT2D eigenvalue weighted by molar-refractivity contribution is 6.06. The third-order valence-corrected chi connectivity index (χ3v) is 20.8. The Labute approximate surface area is 540 Å².